The molecule has 194 valence electrons. The molecular formula is C26H34N4O6. The zero-order valence-electron chi connectivity index (χ0n) is 20.6. The number of hydrogen-bond donors (Lipinski definition) is 2. The first kappa shape index (κ1) is 28.5. The number of esters is 1. The fraction of sp³-hybridized carbons (Fsp3) is 0.385. The second-order valence-corrected chi connectivity index (χ2v) is 7.83. The van der Waals surface area contributed by atoms with E-state index in [2.05, 4.69) is 28.9 Å². The van der Waals surface area contributed by atoms with Gasteiger partial charge in [0.1, 0.15) is 18.3 Å². The Balaban J connectivity index is 2.05. The highest BCUT2D eigenvalue weighted by Gasteiger charge is 2.29. The lowest BCUT2D eigenvalue weighted by Gasteiger charge is -2.22. The first-order chi connectivity index (χ1) is 17.5. The number of nitrogens with zero attached hydrogens (tertiary/aromatic N) is 2. The molecule has 1 aromatic carbocycles. The van der Waals surface area contributed by atoms with Gasteiger partial charge in [-0.25, -0.2) is 4.79 Å². The Hall–Kier alpha value is -3.76. The Bertz CT molecular complexity index is 991. The van der Waals surface area contributed by atoms with Crippen molar-refractivity contribution in [1.29, 1.82) is 0 Å². The molecule has 0 aliphatic heterocycles. The number of benzene rings is 1. The fourth-order valence-corrected chi connectivity index (χ4v) is 3.21. The third-order valence-corrected chi connectivity index (χ3v) is 5.03. The van der Waals surface area contributed by atoms with E-state index in [9.17, 15) is 14.4 Å². The van der Waals surface area contributed by atoms with Crippen LogP contribution in [0, 0.1) is 0 Å². The van der Waals surface area contributed by atoms with Gasteiger partial charge in [-0.2, -0.15) is 5.10 Å². The van der Waals surface area contributed by atoms with Gasteiger partial charge in [-0.15, -0.1) is 13.2 Å². The molecule has 0 aliphatic rings. The maximum Gasteiger partial charge on any atom is 0.331 e. The van der Waals surface area contributed by atoms with Crippen molar-refractivity contribution in [1.82, 2.24) is 20.4 Å². The van der Waals surface area contributed by atoms with Crippen LogP contribution in [0.1, 0.15) is 28.9 Å². The van der Waals surface area contributed by atoms with Crippen LogP contribution in [0.4, 0.5) is 0 Å². The average Bonchev–Trinajstić information content (AvgIpc) is 3.36. The van der Waals surface area contributed by atoms with Crippen LogP contribution in [-0.4, -0.2) is 66.6 Å². The number of aryl methyl sites for hydroxylation is 1. The van der Waals surface area contributed by atoms with E-state index < -0.39 is 29.9 Å². The van der Waals surface area contributed by atoms with Gasteiger partial charge in [0.15, 0.2) is 6.04 Å². The summed E-state index contributed by atoms with van der Waals surface area (Å²) in [5.74, 6) is -1.78. The Morgan fingerprint density at radius 3 is 2.53 bits per heavy atom. The van der Waals surface area contributed by atoms with Crippen LogP contribution in [0.5, 0.6) is 0 Å². The highest BCUT2D eigenvalue weighted by Crippen LogP contribution is 2.05. The number of rotatable bonds is 17. The van der Waals surface area contributed by atoms with Crippen LogP contribution in [0.2, 0.25) is 0 Å². The summed E-state index contributed by atoms with van der Waals surface area (Å²) in [4.78, 5) is 38.6. The Morgan fingerprint density at radius 1 is 1.06 bits per heavy atom. The van der Waals surface area contributed by atoms with Crippen molar-refractivity contribution in [2.24, 2.45) is 0 Å². The summed E-state index contributed by atoms with van der Waals surface area (Å²) in [6.07, 6.45) is 6.39. The first-order valence-corrected chi connectivity index (χ1v) is 11.6. The van der Waals surface area contributed by atoms with Gasteiger partial charge >= 0.3 is 5.97 Å². The normalized spacial score (nSPS) is 12.2. The van der Waals surface area contributed by atoms with Crippen LogP contribution in [0.3, 0.4) is 0 Å². The Kier molecular flexibility index (Phi) is 12.7. The molecule has 2 aromatic rings. The predicted molar refractivity (Wildman–Crippen MR) is 134 cm³/mol. The van der Waals surface area contributed by atoms with E-state index in [0.717, 1.165) is 18.4 Å². The van der Waals surface area contributed by atoms with E-state index >= 15 is 0 Å². The summed E-state index contributed by atoms with van der Waals surface area (Å²) < 4.78 is 17.4. The van der Waals surface area contributed by atoms with Gasteiger partial charge in [-0.1, -0.05) is 42.5 Å². The first-order valence-electron chi connectivity index (χ1n) is 11.6. The zero-order chi connectivity index (χ0) is 26.2. The Morgan fingerprint density at radius 2 is 1.83 bits per heavy atom. The third-order valence-electron chi connectivity index (χ3n) is 5.03. The summed E-state index contributed by atoms with van der Waals surface area (Å²) in [7, 11) is 1.41. The maximum absolute atomic E-state index is 13.0. The third kappa shape index (κ3) is 9.47. The molecule has 2 N–H and O–H groups in total. The summed E-state index contributed by atoms with van der Waals surface area (Å²) in [5.41, 5.74) is 1.11. The molecule has 1 aromatic heterocycles. The molecule has 0 aliphatic carbocycles. The molecule has 2 rings (SSSR count). The molecule has 0 saturated heterocycles. The second-order valence-electron chi connectivity index (χ2n) is 7.83. The van der Waals surface area contributed by atoms with Crippen molar-refractivity contribution in [2.75, 3.05) is 26.9 Å². The summed E-state index contributed by atoms with van der Waals surface area (Å²) in [6, 6.07) is 8.57. The molecule has 1 heterocycles. The van der Waals surface area contributed by atoms with Gasteiger partial charge in [-0.05, 0) is 24.5 Å². The number of allylic oxidation sites excluding steroid dienone is 1. The van der Waals surface area contributed by atoms with Crippen LogP contribution in [0.15, 0.2) is 67.9 Å². The molecule has 0 bridgehead atoms. The van der Waals surface area contributed by atoms with Gasteiger partial charge in [-0.3, -0.25) is 14.3 Å². The van der Waals surface area contributed by atoms with Crippen molar-refractivity contribution >= 4 is 17.8 Å². The molecular weight excluding hydrogens is 464 g/mol. The molecule has 0 spiro atoms. The highest BCUT2D eigenvalue weighted by atomic mass is 16.5. The molecule has 0 radical (unpaired) electrons. The van der Waals surface area contributed by atoms with Gasteiger partial charge in [0.2, 0.25) is 5.91 Å². The number of aromatic nitrogens is 2. The topological polar surface area (TPSA) is 121 Å². The van der Waals surface area contributed by atoms with E-state index in [1.54, 1.807) is 16.8 Å². The minimum Gasteiger partial charge on any atom is -0.459 e. The van der Waals surface area contributed by atoms with E-state index in [1.807, 2.05) is 30.3 Å². The number of methoxy groups -OCH3 is 1. The smallest absolute Gasteiger partial charge is 0.331 e. The summed E-state index contributed by atoms with van der Waals surface area (Å²) in [5, 5.41) is 9.43. The van der Waals surface area contributed by atoms with E-state index in [0.29, 0.717) is 12.2 Å². The quantitative estimate of drug-likeness (QED) is 0.194. The molecule has 2 atom stereocenters. The summed E-state index contributed by atoms with van der Waals surface area (Å²) in [6.45, 7) is 7.78. The van der Waals surface area contributed by atoms with Gasteiger partial charge in [0.05, 0.1) is 19.8 Å². The fourth-order valence-electron chi connectivity index (χ4n) is 3.21. The monoisotopic (exact) mass is 498 g/mol. The number of unbranched alkanes of at least 4 members (excludes halogenated alkanes) is 1. The molecule has 10 heteroatoms. The number of nitrogens with one attached hydrogen (secondary N) is 2. The standard InChI is InChI=1S/C26H34N4O6/c1-4-6-10-15-30-23(13-14-27-30)25(32)28-21(18-34-3)24(31)29-22(19-35-16-5-2)26(33)36-17-20-11-8-7-9-12-20/h4-5,7-9,11-14,21-22H,1-2,6,10,15-19H2,3H3,(H,28,32)(H,29,31)/t21-,22-/m0/s1. The second kappa shape index (κ2) is 16.0. The molecule has 2 amide bonds. The molecule has 36 heavy (non-hydrogen) atoms. The van der Waals surface area contributed by atoms with Crippen LogP contribution >= 0.6 is 0 Å². The van der Waals surface area contributed by atoms with E-state index in [1.165, 1.54) is 19.4 Å². The van der Waals surface area contributed by atoms with Crippen LogP contribution < -0.4 is 10.6 Å². The molecule has 0 saturated carbocycles. The van der Waals surface area contributed by atoms with Gasteiger partial charge < -0.3 is 24.8 Å². The van der Waals surface area contributed by atoms with Crippen molar-refractivity contribution in [3.8, 4) is 0 Å². The van der Waals surface area contributed by atoms with Crippen LogP contribution in [0.25, 0.3) is 0 Å². The molecule has 0 fully saturated rings. The molecule has 10 nitrogen and oxygen atoms in total. The van der Waals surface area contributed by atoms with Crippen molar-refractivity contribution in [2.45, 2.75) is 38.1 Å². The lowest BCUT2D eigenvalue weighted by atomic mass is 10.2. The minimum absolute atomic E-state index is 0.0432. The lowest BCUT2D eigenvalue weighted by molar-refractivity contribution is -0.151. The minimum atomic E-state index is -1.10. The van der Waals surface area contributed by atoms with Crippen molar-refractivity contribution < 1.29 is 28.6 Å². The lowest BCUT2D eigenvalue weighted by Crippen LogP contribution is -2.55. The predicted octanol–water partition coefficient (Wildman–Crippen LogP) is 2.02. The SMILES string of the molecule is C=CCCCn1nccc1C(=O)N[C@@H](COC)C(=O)N[C@@H](COCC=C)C(=O)OCc1ccccc1. The number of hydrogen-bond acceptors (Lipinski definition) is 7. The van der Waals surface area contributed by atoms with Gasteiger partial charge in [0, 0.05) is 19.9 Å². The van der Waals surface area contributed by atoms with Crippen molar-refractivity contribution in [3.05, 3.63) is 79.2 Å². The number of ether oxygens (including phenoxy) is 3. The average molecular weight is 499 g/mol. The molecule has 0 unspecified atom stereocenters. The maximum atomic E-state index is 13.0. The number of carbonyl (C=O) groups is 3. The number of carbonyl (C=O) groups excluding carboxylic acids is 3. The zero-order valence-corrected chi connectivity index (χ0v) is 20.6. The highest BCUT2D eigenvalue weighted by molar-refractivity contribution is 5.97. The van der Waals surface area contributed by atoms with E-state index in [-0.39, 0.29) is 26.4 Å². The van der Waals surface area contributed by atoms with Crippen LogP contribution in [-0.2, 0) is 37.0 Å². The number of amides is 2. The largest absolute Gasteiger partial charge is 0.459 e. The van der Waals surface area contributed by atoms with E-state index in [4.69, 9.17) is 14.2 Å². The van der Waals surface area contributed by atoms with Crippen molar-refractivity contribution in [3.63, 3.8) is 0 Å². The van der Waals surface area contributed by atoms with Gasteiger partial charge in [0.25, 0.3) is 5.91 Å². The Labute approximate surface area is 211 Å². The summed E-state index contributed by atoms with van der Waals surface area (Å²) >= 11 is 0.